The number of urea groups is 1. The van der Waals surface area contributed by atoms with Gasteiger partial charge in [0.15, 0.2) is 0 Å². The van der Waals surface area contributed by atoms with Crippen LogP contribution in [0.2, 0.25) is 0 Å². The minimum atomic E-state index is -0.281. The average molecular weight is 162 g/mol. The van der Waals surface area contributed by atoms with Crippen molar-refractivity contribution in [1.29, 1.82) is 0 Å². The van der Waals surface area contributed by atoms with Gasteiger partial charge in [0.2, 0.25) is 0 Å². The summed E-state index contributed by atoms with van der Waals surface area (Å²) < 4.78 is 0. The lowest BCUT2D eigenvalue weighted by Gasteiger charge is -2.02. The first-order valence-electron chi connectivity index (χ1n) is 3.56. The van der Waals surface area contributed by atoms with E-state index in [0.717, 1.165) is 5.69 Å². The number of anilines is 1. The zero-order chi connectivity index (χ0) is 8.81. The van der Waals surface area contributed by atoms with E-state index in [1.54, 1.807) is 0 Å². The van der Waals surface area contributed by atoms with Crippen molar-refractivity contribution < 1.29 is 4.79 Å². The molecule has 12 heavy (non-hydrogen) atoms. The van der Waals surface area contributed by atoms with Crippen molar-refractivity contribution in [2.45, 2.75) is 0 Å². The van der Waals surface area contributed by atoms with Crippen LogP contribution in [0, 0.1) is 0 Å². The highest BCUT2D eigenvalue weighted by Gasteiger charge is 1.95. The Balaban J connectivity index is 2.52. The van der Waals surface area contributed by atoms with Crippen LogP contribution in [-0.2, 0) is 0 Å². The van der Waals surface area contributed by atoms with Crippen LogP contribution in [0.15, 0.2) is 43.1 Å². The lowest BCUT2D eigenvalue weighted by atomic mass is 10.3. The standard InChI is InChI=1S/C9H10N2O/c1-2-10-9(12)11-8-6-4-3-5-7-8/h2-7H,1H2,(H2,10,11,12). The van der Waals surface area contributed by atoms with Crippen LogP contribution in [0.4, 0.5) is 10.5 Å². The Morgan fingerprint density at radius 1 is 1.33 bits per heavy atom. The van der Waals surface area contributed by atoms with Gasteiger partial charge in [0, 0.05) is 5.69 Å². The molecule has 1 aromatic rings. The van der Waals surface area contributed by atoms with Gasteiger partial charge in [-0.15, -0.1) is 0 Å². The fraction of sp³-hybridized carbons (Fsp3) is 0. The molecule has 0 saturated carbocycles. The number of rotatable bonds is 2. The molecule has 2 amide bonds. The minimum absolute atomic E-state index is 0.281. The normalized spacial score (nSPS) is 8.67. The van der Waals surface area contributed by atoms with E-state index in [2.05, 4.69) is 17.2 Å². The number of hydrogen-bond donors (Lipinski definition) is 2. The van der Waals surface area contributed by atoms with Crippen LogP contribution in [-0.4, -0.2) is 6.03 Å². The van der Waals surface area contributed by atoms with Gasteiger partial charge in [0.1, 0.15) is 0 Å². The summed E-state index contributed by atoms with van der Waals surface area (Å²) in [6.07, 6.45) is 1.33. The molecule has 0 unspecified atom stereocenters. The van der Waals surface area contributed by atoms with Gasteiger partial charge in [-0.25, -0.2) is 4.79 Å². The van der Waals surface area contributed by atoms with E-state index in [0.29, 0.717) is 0 Å². The molecule has 0 aliphatic rings. The number of para-hydroxylation sites is 1. The highest BCUT2D eigenvalue weighted by Crippen LogP contribution is 2.03. The predicted octanol–water partition coefficient (Wildman–Crippen LogP) is 1.95. The molecular formula is C9H10N2O. The van der Waals surface area contributed by atoms with Gasteiger partial charge in [-0.2, -0.15) is 0 Å². The van der Waals surface area contributed by atoms with Crippen LogP contribution in [0.1, 0.15) is 0 Å². The summed E-state index contributed by atoms with van der Waals surface area (Å²) in [5, 5.41) is 5.03. The summed E-state index contributed by atoms with van der Waals surface area (Å²) in [4.78, 5) is 10.9. The van der Waals surface area contributed by atoms with Crippen molar-refractivity contribution in [3.05, 3.63) is 43.1 Å². The highest BCUT2D eigenvalue weighted by atomic mass is 16.2. The molecule has 1 aromatic carbocycles. The van der Waals surface area contributed by atoms with Gasteiger partial charge in [0.25, 0.3) is 0 Å². The lowest BCUT2D eigenvalue weighted by molar-refractivity contribution is 0.255. The quantitative estimate of drug-likeness (QED) is 0.685. The zero-order valence-electron chi connectivity index (χ0n) is 6.58. The van der Waals surface area contributed by atoms with Crippen molar-refractivity contribution in [2.75, 3.05) is 5.32 Å². The van der Waals surface area contributed by atoms with E-state index in [9.17, 15) is 4.79 Å². The predicted molar refractivity (Wildman–Crippen MR) is 48.8 cm³/mol. The fourth-order valence-corrected chi connectivity index (χ4v) is 0.781. The van der Waals surface area contributed by atoms with Crippen molar-refractivity contribution >= 4 is 11.7 Å². The molecule has 0 aliphatic carbocycles. The van der Waals surface area contributed by atoms with E-state index in [4.69, 9.17) is 0 Å². The maximum atomic E-state index is 10.9. The summed E-state index contributed by atoms with van der Waals surface area (Å²) in [6.45, 7) is 3.37. The molecule has 0 aliphatic heterocycles. The third-order valence-electron chi connectivity index (χ3n) is 1.26. The molecular weight excluding hydrogens is 152 g/mol. The van der Waals surface area contributed by atoms with Gasteiger partial charge < -0.3 is 10.6 Å². The summed E-state index contributed by atoms with van der Waals surface area (Å²) >= 11 is 0. The molecule has 0 bridgehead atoms. The third-order valence-corrected chi connectivity index (χ3v) is 1.26. The molecule has 0 fully saturated rings. The number of amides is 2. The first-order chi connectivity index (χ1) is 5.83. The molecule has 62 valence electrons. The van der Waals surface area contributed by atoms with Gasteiger partial charge in [0.05, 0.1) is 0 Å². The summed E-state index contributed by atoms with van der Waals surface area (Å²) in [5.74, 6) is 0. The van der Waals surface area contributed by atoms with Crippen LogP contribution < -0.4 is 10.6 Å². The van der Waals surface area contributed by atoms with Gasteiger partial charge in [-0.05, 0) is 18.3 Å². The second-order valence-electron chi connectivity index (χ2n) is 2.17. The van der Waals surface area contributed by atoms with Gasteiger partial charge in [-0.3, -0.25) is 0 Å². The minimum Gasteiger partial charge on any atom is -0.315 e. The van der Waals surface area contributed by atoms with E-state index >= 15 is 0 Å². The van der Waals surface area contributed by atoms with Crippen LogP contribution in [0.5, 0.6) is 0 Å². The topological polar surface area (TPSA) is 41.1 Å². The highest BCUT2D eigenvalue weighted by molar-refractivity contribution is 5.89. The van der Waals surface area contributed by atoms with E-state index in [-0.39, 0.29) is 6.03 Å². The Hall–Kier alpha value is -1.77. The monoisotopic (exact) mass is 162 g/mol. The third kappa shape index (κ3) is 2.46. The first-order valence-corrected chi connectivity index (χ1v) is 3.56. The maximum Gasteiger partial charge on any atom is 0.323 e. The molecule has 0 radical (unpaired) electrons. The molecule has 0 atom stereocenters. The number of carbonyl (C=O) groups excluding carboxylic acids is 1. The van der Waals surface area contributed by atoms with Gasteiger partial charge >= 0.3 is 6.03 Å². The maximum absolute atomic E-state index is 10.9. The zero-order valence-corrected chi connectivity index (χ0v) is 6.58. The Morgan fingerprint density at radius 2 is 2.00 bits per heavy atom. The van der Waals surface area contributed by atoms with Crippen LogP contribution in [0.25, 0.3) is 0 Å². The Morgan fingerprint density at radius 3 is 2.58 bits per heavy atom. The molecule has 0 spiro atoms. The molecule has 0 aromatic heterocycles. The summed E-state index contributed by atoms with van der Waals surface area (Å²) in [5.41, 5.74) is 0.761. The Kier molecular flexibility index (Phi) is 2.90. The number of hydrogen-bond acceptors (Lipinski definition) is 1. The van der Waals surface area contributed by atoms with E-state index < -0.39 is 0 Å². The molecule has 3 heteroatoms. The van der Waals surface area contributed by atoms with Crippen LogP contribution >= 0.6 is 0 Å². The second kappa shape index (κ2) is 4.18. The fourth-order valence-electron chi connectivity index (χ4n) is 0.781. The SMILES string of the molecule is C=CNC(=O)Nc1ccccc1. The number of nitrogens with one attached hydrogen (secondary N) is 2. The number of carbonyl (C=O) groups is 1. The van der Waals surface area contributed by atoms with Gasteiger partial charge in [-0.1, -0.05) is 24.8 Å². The Labute approximate surface area is 71.1 Å². The summed E-state index contributed by atoms with van der Waals surface area (Å²) in [6, 6.07) is 8.92. The smallest absolute Gasteiger partial charge is 0.315 e. The first kappa shape index (κ1) is 8.33. The average Bonchev–Trinajstić information content (AvgIpc) is 2.06. The second-order valence-corrected chi connectivity index (χ2v) is 2.17. The van der Waals surface area contributed by atoms with Crippen LogP contribution in [0.3, 0.4) is 0 Å². The van der Waals surface area contributed by atoms with Crippen molar-refractivity contribution in [3.63, 3.8) is 0 Å². The molecule has 3 nitrogen and oxygen atoms in total. The molecule has 2 N–H and O–H groups in total. The number of benzene rings is 1. The van der Waals surface area contributed by atoms with E-state index in [1.807, 2.05) is 30.3 Å². The molecule has 1 rings (SSSR count). The molecule has 0 heterocycles. The van der Waals surface area contributed by atoms with E-state index in [1.165, 1.54) is 6.20 Å². The molecule has 0 saturated heterocycles. The van der Waals surface area contributed by atoms with Crippen molar-refractivity contribution in [2.24, 2.45) is 0 Å². The largest absolute Gasteiger partial charge is 0.323 e. The Bertz CT molecular complexity index is 269. The summed E-state index contributed by atoms with van der Waals surface area (Å²) in [7, 11) is 0. The lowest BCUT2D eigenvalue weighted by Crippen LogP contribution is -2.23. The van der Waals surface area contributed by atoms with Crippen molar-refractivity contribution in [3.8, 4) is 0 Å². The van der Waals surface area contributed by atoms with Crippen molar-refractivity contribution in [1.82, 2.24) is 5.32 Å².